The maximum Gasteiger partial charge on any atom is 0.303 e. The van der Waals surface area contributed by atoms with E-state index < -0.39 is 17.1 Å². The number of nitrogens with zero attached hydrogens (tertiary/aromatic N) is 3. The number of carbonyl (C=O) groups is 2. The largest absolute Gasteiger partial charge is 0.504 e. The highest BCUT2D eigenvalue weighted by Crippen LogP contribution is 2.63. The Balaban J connectivity index is 0.997. The predicted octanol–water partition coefficient (Wildman–Crippen LogP) is 9.62. The molecule has 5 saturated carbocycles. The van der Waals surface area contributed by atoms with Gasteiger partial charge in [-0.2, -0.15) is 0 Å². The molecule has 6 heterocycles. The third-order valence-corrected chi connectivity index (χ3v) is 21.7. The number of rotatable bonds is 3. The van der Waals surface area contributed by atoms with Crippen molar-refractivity contribution in [1.29, 1.82) is 0 Å². The first-order valence-electron chi connectivity index (χ1n) is 26.1. The summed E-state index contributed by atoms with van der Waals surface area (Å²) in [5.41, 5.74) is 15.8. The maximum atomic E-state index is 14.5. The van der Waals surface area contributed by atoms with E-state index >= 15 is 0 Å². The smallest absolute Gasteiger partial charge is 0.303 e. The number of aliphatic imine (C=N–C) groups is 1. The number of aromatic nitrogens is 1. The van der Waals surface area contributed by atoms with Gasteiger partial charge >= 0.3 is 5.97 Å². The lowest BCUT2D eigenvalue weighted by molar-refractivity contribution is -0.168. The first-order chi connectivity index (χ1) is 32.3. The Hall–Kier alpha value is -3.36. The summed E-state index contributed by atoms with van der Waals surface area (Å²) in [5, 5.41) is 28.1. The van der Waals surface area contributed by atoms with Crippen molar-refractivity contribution < 1.29 is 29.3 Å². The van der Waals surface area contributed by atoms with Crippen LogP contribution in [0.15, 0.2) is 29.4 Å². The van der Waals surface area contributed by atoms with Crippen molar-refractivity contribution in [2.24, 2.45) is 33.4 Å². The van der Waals surface area contributed by atoms with Crippen LogP contribution in [0.3, 0.4) is 0 Å². The van der Waals surface area contributed by atoms with E-state index in [1.165, 1.54) is 45.4 Å². The summed E-state index contributed by atoms with van der Waals surface area (Å²) in [6.07, 6.45) is 25.0. The number of guanidine groups is 1. The summed E-state index contributed by atoms with van der Waals surface area (Å²) in [4.78, 5) is 38.4. The highest BCUT2D eigenvalue weighted by Gasteiger charge is 2.57. The quantitative estimate of drug-likeness (QED) is 0.145. The van der Waals surface area contributed by atoms with Crippen molar-refractivity contribution in [3.8, 4) is 11.5 Å². The molecule has 0 radical (unpaired) electrons. The average molecular weight is 957 g/mol. The number of carbonyl (C=O) groups excluding carboxylic acids is 2. The molecule has 5 aliphatic heterocycles. The van der Waals surface area contributed by atoms with Crippen LogP contribution in [-0.2, 0) is 33.7 Å². The van der Waals surface area contributed by atoms with Crippen LogP contribution in [0.5, 0.6) is 11.5 Å². The molecule has 366 valence electrons. The molecular formula is C53H76N6O6S2. The van der Waals surface area contributed by atoms with Gasteiger partial charge in [0, 0.05) is 73.3 Å². The second-order valence-electron chi connectivity index (χ2n) is 22.6. The molecule has 10 aliphatic rings. The lowest BCUT2D eigenvalue weighted by Gasteiger charge is -2.44. The first-order valence-corrected chi connectivity index (χ1v) is 28.4. The Morgan fingerprint density at radius 1 is 0.955 bits per heavy atom. The van der Waals surface area contributed by atoms with Crippen LogP contribution in [0.2, 0.25) is 0 Å². The number of pyridine rings is 1. The number of aliphatic hydroxyl groups excluding tert-OH is 1. The summed E-state index contributed by atoms with van der Waals surface area (Å²) in [6.45, 7) is 2.71. The molecule has 1 saturated heterocycles. The first kappa shape index (κ1) is 47.3. The van der Waals surface area contributed by atoms with Crippen LogP contribution in [-0.4, -0.2) is 79.0 Å². The molecule has 67 heavy (non-hydrogen) atoms. The Labute approximate surface area is 406 Å². The number of aliphatic hydroxyl groups is 1. The Kier molecular flexibility index (Phi) is 13.5. The lowest BCUT2D eigenvalue weighted by atomic mass is 9.70. The van der Waals surface area contributed by atoms with E-state index in [0.29, 0.717) is 80.6 Å². The van der Waals surface area contributed by atoms with E-state index in [1.807, 2.05) is 38.6 Å². The van der Waals surface area contributed by atoms with Crippen LogP contribution in [0, 0.1) is 22.7 Å². The second-order valence-corrected chi connectivity index (χ2v) is 25.3. The minimum absolute atomic E-state index is 0.0434. The summed E-state index contributed by atoms with van der Waals surface area (Å²) in [5.74, 6) is 3.40. The minimum atomic E-state index is -0.780. The number of hydrogen-bond acceptors (Lipinski definition) is 13. The number of phenolic OH excluding ortho intramolecular Hbond substituents is 1. The van der Waals surface area contributed by atoms with Crippen molar-refractivity contribution in [3.63, 3.8) is 0 Å². The van der Waals surface area contributed by atoms with Crippen molar-refractivity contribution in [2.75, 3.05) is 24.6 Å². The van der Waals surface area contributed by atoms with Gasteiger partial charge < -0.3 is 41.4 Å². The van der Waals surface area contributed by atoms with Crippen LogP contribution in [0.25, 0.3) is 0 Å². The van der Waals surface area contributed by atoms with E-state index in [2.05, 4.69) is 16.4 Å². The molecule has 6 fully saturated rings. The number of amides is 1. The van der Waals surface area contributed by atoms with E-state index in [0.717, 1.165) is 106 Å². The van der Waals surface area contributed by atoms with Crippen LogP contribution < -0.4 is 21.5 Å². The van der Waals surface area contributed by atoms with Gasteiger partial charge in [0.2, 0.25) is 5.91 Å². The molecular weight excluding hydrogens is 881 g/mol. The number of benzene rings is 1. The molecule has 2 aromatic rings. The standard InChI is InChI=1S/C53H76N6O6S2/c1-35(60)64-51-20-11-37(42(61)31-51)9-3-2-6-26-66-67-53(19-8-17-50(53)15-4-5-16-50)58-48(55)57-25-23-49(30-36-14-24-56-43(54)27-36)32-44(62)59(34-49)33-40-28-38(12-21-51)45-39-13-22-52(65-47(45)46(40)63)18-7-10-41(52)29-39/h14,24,27-28,37,39,41-42,61,63H,2-13,15-23,25-26,29-34H2,1H3,(H2,54,56)(H3,55,57,58)/t37-,39-,41-,42+,49+,51+,52+,53+/m0/s1. The van der Waals surface area contributed by atoms with Gasteiger partial charge in [-0.1, -0.05) is 47.3 Å². The van der Waals surface area contributed by atoms with E-state index in [1.54, 1.807) is 6.20 Å². The topological polar surface area (TPSA) is 186 Å². The maximum absolute atomic E-state index is 14.5. The second kappa shape index (κ2) is 19.1. The van der Waals surface area contributed by atoms with Crippen LogP contribution >= 0.6 is 21.6 Å². The Morgan fingerprint density at radius 3 is 2.63 bits per heavy atom. The number of aryl methyl sites for hydroxylation is 1. The summed E-state index contributed by atoms with van der Waals surface area (Å²) < 4.78 is 13.5. The van der Waals surface area contributed by atoms with Gasteiger partial charge in [-0.15, -0.1) is 0 Å². The number of hydrogen-bond donors (Lipinski definition) is 5. The number of fused-ring (bicyclic) bond motifs is 13. The molecule has 0 unspecified atom stereocenters. The number of nitrogen functional groups attached to an aromatic ring is 1. The fraction of sp³-hybridized carbons (Fsp3) is 0.736. The number of ether oxygens (including phenoxy) is 2. The number of anilines is 1. The van der Waals surface area contributed by atoms with Gasteiger partial charge in [0.15, 0.2) is 17.5 Å². The zero-order valence-corrected chi connectivity index (χ0v) is 41.6. The molecule has 5 aliphatic carbocycles. The molecule has 1 amide bonds. The van der Waals surface area contributed by atoms with Crippen molar-refractivity contribution in [1.82, 2.24) is 15.2 Å². The monoisotopic (exact) mass is 957 g/mol. The number of nitrogens with two attached hydrogens (primary N) is 2. The van der Waals surface area contributed by atoms with Crippen LogP contribution in [0.1, 0.15) is 183 Å². The molecule has 12 nitrogen and oxygen atoms in total. The van der Waals surface area contributed by atoms with Gasteiger partial charge in [-0.05, 0) is 169 Å². The average Bonchev–Trinajstić information content (AvgIpc) is 4.04. The molecule has 8 bridgehead atoms. The summed E-state index contributed by atoms with van der Waals surface area (Å²) in [7, 11) is 3.98. The number of phenols is 1. The third kappa shape index (κ3) is 9.39. The van der Waals surface area contributed by atoms with E-state index in [4.69, 9.17) is 25.9 Å². The van der Waals surface area contributed by atoms with Gasteiger partial charge in [-0.3, -0.25) is 14.6 Å². The fourth-order valence-electron chi connectivity index (χ4n) is 15.1. The van der Waals surface area contributed by atoms with Gasteiger partial charge in [-0.25, -0.2) is 4.98 Å². The molecule has 8 atom stereocenters. The Morgan fingerprint density at radius 2 is 1.81 bits per heavy atom. The molecule has 12 rings (SSSR count). The molecule has 14 heteroatoms. The highest BCUT2D eigenvalue weighted by molar-refractivity contribution is 8.77. The molecule has 7 N–H and O–H groups in total. The van der Waals surface area contributed by atoms with E-state index in [-0.39, 0.29) is 51.9 Å². The fourth-order valence-corrected chi connectivity index (χ4v) is 18.7. The van der Waals surface area contributed by atoms with Crippen LogP contribution in [0.4, 0.5) is 5.82 Å². The van der Waals surface area contributed by atoms with E-state index in [9.17, 15) is 19.8 Å². The summed E-state index contributed by atoms with van der Waals surface area (Å²) >= 11 is 0. The number of aromatic hydroxyl groups is 1. The van der Waals surface area contributed by atoms with Crippen molar-refractivity contribution >= 4 is 45.2 Å². The Bertz CT molecular complexity index is 2200. The molecule has 3 spiro atoms. The van der Waals surface area contributed by atoms with Gasteiger partial charge in [0.1, 0.15) is 21.9 Å². The van der Waals surface area contributed by atoms with Crippen molar-refractivity contribution in [2.45, 2.75) is 202 Å². The van der Waals surface area contributed by atoms with Gasteiger partial charge in [0.25, 0.3) is 0 Å². The number of nitrogens with one attached hydrogen (secondary N) is 1. The lowest BCUT2D eigenvalue weighted by Crippen LogP contribution is -2.55. The third-order valence-electron chi connectivity index (χ3n) is 18.4. The highest BCUT2D eigenvalue weighted by atomic mass is 33.1. The molecule has 1 aromatic heterocycles. The number of esters is 1. The minimum Gasteiger partial charge on any atom is -0.504 e. The van der Waals surface area contributed by atoms with Gasteiger partial charge in [0.05, 0.1) is 6.10 Å². The zero-order chi connectivity index (χ0) is 46.4. The summed E-state index contributed by atoms with van der Waals surface area (Å²) in [6, 6.07) is 6.04. The zero-order valence-electron chi connectivity index (χ0n) is 40.0. The SMILES string of the molecule is CC(=O)O[C@@]12CCc3cc(c(O)c4c3[C@H]3CC[C@@]5(CCC[C@H]5C3)O4)CN3C[C@@](Cc4ccnc(N)c4)(CCN=C(N)N[C@]4(CCCC45CCCC5)SSCCCCC[C@@H](CC1)[C@H](O)C2)CC3=O. The normalized spacial score (nSPS) is 35.7. The molecule has 1 aromatic carbocycles. The van der Waals surface area contributed by atoms with Crippen molar-refractivity contribution in [3.05, 3.63) is 46.6 Å². The predicted molar refractivity (Wildman–Crippen MR) is 267 cm³/mol.